The number of rotatable bonds is 7. The first-order valence-electron chi connectivity index (χ1n) is 6.63. The fourth-order valence-electron chi connectivity index (χ4n) is 1.44. The Bertz CT molecular complexity index is 454. The van der Waals surface area contributed by atoms with Crippen LogP contribution in [0, 0.1) is 0 Å². The van der Waals surface area contributed by atoms with Gasteiger partial charge < -0.3 is 20.7 Å². The number of anilines is 2. The van der Waals surface area contributed by atoms with E-state index in [0.717, 1.165) is 6.42 Å². The number of nitrogens with one attached hydrogen (secondary N) is 1. The van der Waals surface area contributed by atoms with E-state index >= 15 is 0 Å². The lowest BCUT2D eigenvalue weighted by atomic mass is 10.3. The van der Waals surface area contributed by atoms with Crippen molar-refractivity contribution in [1.29, 1.82) is 0 Å². The van der Waals surface area contributed by atoms with Crippen LogP contribution < -0.4 is 15.8 Å². The van der Waals surface area contributed by atoms with Crippen LogP contribution in [-0.4, -0.2) is 52.0 Å². The molecule has 0 aliphatic carbocycles. The standard InChI is InChI=1S/C12H22N6O2/c1-5-7-20-12-16-10(13)15-11(17-12)14-8(3)9(19)18(4)6-2/h8H,5-7H2,1-4H3,(H3,13,14,15,16,17). The first-order chi connectivity index (χ1) is 9.47. The Morgan fingerprint density at radius 2 is 2.10 bits per heavy atom. The summed E-state index contributed by atoms with van der Waals surface area (Å²) in [6.07, 6.45) is 0.838. The second-order valence-corrected chi connectivity index (χ2v) is 4.37. The normalized spacial score (nSPS) is 11.8. The highest BCUT2D eigenvalue weighted by molar-refractivity contribution is 5.83. The number of hydrogen-bond acceptors (Lipinski definition) is 7. The third-order valence-corrected chi connectivity index (χ3v) is 2.63. The number of aromatic nitrogens is 3. The molecule has 1 aromatic rings. The van der Waals surface area contributed by atoms with E-state index in [4.69, 9.17) is 10.5 Å². The molecule has 0 radical (unpaired) electrons. The van der Waals surface area contributed by atoms with Gasteiger partial charge in [-0.25, -0.2) is 0 Å². The van der Waals surface area contributed by atoms with Gasteiger partial charge in [0.25, 0.3) is 0 Å². The molecule has 0 aliphatic heterocycles. The first-order valence-corrected chi connectivity index (χ1v) is 6.63. The van der Waals surface area contributed by atoms with Crippen LogP contribution in [0.2, 0.25) is 0 Å². The van der Waals surface area contributed by atoms with Gasteiger partial charge in [0.2, 0.25) is 17.8 Å². The van der Waals surface area contributed by atoms with Crippen LogP contribution in [0.3, 0.4) is 0 Å². The molecule has 1 heterocycles. The Morgan fingerprint density at radius 3 is 2.70 bits per heavy atom. The molecule has 0 saturated carbocycles. The lowest BCUT2D eigenvalue weighted by molar-refractivity contribution is -0.130. The van der Waals surface area contributed by atoms with Crippen molar-refractivity contribution in [2.24, 2.45) is 0 Å². The number of hydrogen-bond donors (Lipinski definition) is 2. The van der Waals surface area contributed by atoms with E-state index in [2.05, 4.69) is 20.3 Å². The van der Waals surface area contributed by atoms with Gasteiger partial charge in [0.05, 0.1) is 6.61 Å². The molecule has 1 aromatic heterocycles. The summed E-state index contributed by atoms with van der Waals surface area (Å²) in [6.45, 7) is 6.75. The molecule has 1 unspecified atom stereocenters. The van der Waals surface area contributed by atoms with Gasteiger partial charge in [-0.1, -0.05) is 6.92 Å². The SMILES string of the molecule is CCCOc1nc(N)nc(NC(C)C(=O)N(C)CC)n1. The molecule has 8 nitrogen and oxygen atoms in total. The van der Waals surface area contributed by atoms with Crippen LogP contribution in [-0.2, 0) is 4.79 Å². The van der Waals surface area contributed by atoms with Crippen molar-refractivity contribution in [1.82, 2.24) is 19.9 Å². The molecule has 1 rings (SSSR count). The number of amides is 1. The van der Waals surface area contributed by atoms with E-state index in [9.17, 15) is 4.79 Å². The summed E-state index contributed by atoms with van der Waals surface area (Å²) in [5, 5.41) is 2.90. The zero-order chi connectivity index (χ0) is 15.1. The molecular formula is C12H22N6O2. The van der Waals surface area contributed by atoms with Gasteiger partial charge in [-0.3, -0.25) is 4.79 Å². The number of nitrogens with two attached hydrogens (primary N) is 1. The maximum absolute atomic E-state index is 12.0. The smallest absolute Gasteiger partial charge is 0.323 e. The third kappa shape index (κ3) is 4.52. The highest BCUT2D eigenvalue weighted by Gasteiger charge is 2.18. The average molecular weight is 282 g/mol. The van der Waals surface area contributed by atoms with Gasteiger partial charge in [0.15, 0.2) is 0 Å². The van der Waals surface area contributed by atoms with Crippen molar-refractivity contribution in [3.8, 4) is 6.01 Å². The Labute approximate surface area is 118 Å². The van der Waals surface area contributed by atoms with E-state index in [1.54, 1.807) is 18.9 Å². The van der Waals surface area contributed by atoms with Gasteiger partial charge in [0.1, 0.15) is 6.04 Å². The molecule has 8 heteroatoms. The molecule has 20 heavy (non-hydrogen) atoms. The highest BCUT2D eigenvalue weighted by Crippen LogP contribution is 2.10. The minimum Gasteiger partial charge on any atom is -0.463 e. The van der Waals surface area contributed by atoms with E-state index < -0.39 is 6.04 Å². The topological polar surface area (TPSA) is 106 Å². The maximum atomic E-state index is 12.0. The van der Waals surface area contributed by atoms with Crippen molar-refractivity contribution >= 4 is 17.8 Å². The monoisotopic (exact) mass is 282 g/mol. The van der Waals surface area contributed by atoms with Crippen molar-refractivity contribution in [2.45, 2.75) is 33.2 Å². The predicted octanol–water partition coefficient (Wildman–Crippen LogP) is 0.521. The van der Waals surface area contributed by atoms with Crippen LogP contribution in [0.25, 0.3) is 0 Å². The highest BCUT2D eigenvalue weighted by atomic mass is 16.5. The van der Waals surface area contributed by atoms with Crippen molar-refractivity contribution < 1.29 is 9.53 Å². The summed E-state index contributed by atoms with van der Waals surface area (Å²) in [5.41, 5.74) is 5.59. The number of likely N-dealkylation sites (N-methyl/N-ethyl adjacent to an activating group) is 1. The quantitative estimate of drug-likeness (QED) is 0.750. The van der Waals surface area contributed by atoms with Gasteiger partial charge in [-0.2, -0.15) is 15.0 Å². The summed E-state index contributed by atoms with van der Waals surface area (Å²) in [6, 6.07) is -0.300. The number of carbonyl (C=O) groups is 1. The van der Waals surface area contributed by atoms with Gasteiger partial charge in [0, 0.05) is 13.6 Å². The summed E-state index contributed by atoms with van der Waals surface area (Å²) < 4.78 is 5.31. The van der Waals surface area contributed by atoms with Crippen molar-refractivity contribution in [2.75, 3.05) is 31.2 Å². The molecule has 0 fully saturated rings. The van der Waals surface area contributed by atoms with Crippen LogP contribution in [0.5, 0.6) is 6.01 Å². The van der Waals surface area contributed by atoms with E-state index in [1.807, 2.05) is 13.8 Å². The van der Waals surface area contributed by atoms with Crippen LogP contribution in [0.15, 0.2) is 0 Å². The lowest BCUT2D eigenvalue weighted by Crippen LogP contribution is -2.39. The number of nitrogen functional groups attached to an aromatic ring is 1. The average Bonchev–Trinajstić information content (AvgIpc) is 2.42. The molecule has 1 atom stereocenters. The Morgan fingerprint density at radius 1 is 1.40 bits per heavy atom. The zero-order valence-electron chi connectivity index (χ0n) is 12.4. The molecule has 0 aromatic carbocycles. The van der Waals surface area contributed by atoms with E-state index in [-0.39, 0.29) is 23.8 Å². The number of ether oxygens (including phenoxy) is 1. The van der Waals surface area contributed by atoms with Gasteiger partial charge >= 0.3 is 6.01 Å². The molecule has 0 aliphatic rings. The van der Waals surface area contributed by atoms with Crippen molar-refractivity contribution in [3.05, 3.63) is 0 Å². The predicted molar refractivity (Wildman–Crippen MR) is 76.4 cm³/mol. The zero-order valence-corrected chi connectivity index (χ0v) is 12.4. The molecular weight excluding hydrogens is 260 g/mol. The van der Waals surface area contributed by atoms with E-state index in [0.29, 0.717) is 13.2 Å². The van der Waals surface area contributed by atoms with E-state index in [1.165, 1.54) is 0 Å². The molecule has 3 N–H and O–H groups in total. The van der Waals surface area contributed by atoms with Crippen LogP contribution in [0.4, 0.5) is 11.9 Å². The first kappa shape index (κ1) is 15.9. The maximum Gasteiger partial charge on any atom is 0.323 e. The van der Waals surface area contributed by atoms with Gasteiger partial charge in [-0.15, -0.1) is 0 Å². The minimum absolute atomic E-state index is 0.0529. The molecule has 1 amide bonds. The second-order valence-electron chi connectivity index (χ2n) is 4.37. The summed E-state index contributed by atoms with van der Waals surface area (Å²) in [5.74, 6) is 0.230. The largest absolute Gasteiger partial charge is 0.463 e. The Balaban J connectivity index is 2.76. The third-order valence-electron chi connectivity index (χ3n) is 2.63. The second kappa shape index (κ2) is 7.46. The lowest BCUT2D eigenvalue weighted by Gasteiger charge is -2.20. The minimum atomic E-state index is -0.458. The molecule has 0 saturated heterocycles. The molecule has 0 bridgehead atoms. The fraction of sp³-hybridized carbons (Fsp3) is 0.667. The molecule has 112 valence electrons. The number of nitrogens with zero attached hydrogens (tertiary/aromatic N) is 4. The Kier molecular flexibility index (Phi) is 5.95. The fourth-order valence-corrected chi connectivity index (χ4v) is 1.44. The Hall–Kier alpha value is -2.12. The summed E-state index contributed by atoms with van der Waals surface area (Å²) >= 11 is 0. The summed E-state index contributed by atoms with van der Waals surface area (Å²) in [7, 11) is 1.73. The number of carbonyl (C=O) groups excluding carboxylic acids is 1. The summed E-state index contributed by atoms with van der Waals surface area (Å²) in [4.78, 5) is 25.4. The van der Waals surface area contributed by atoms with Crippen LogP contribution >= 0.6 is 0 Å². The van der Waals surface area contributed by atoms with Gasteiger partial charge in [-0.05, 0) is 20.3 Å². The van der Waals surface area contributed by atoms with Crippen molar-refractivity contribution in [3.63, 3.8) is 0 Å². The molecule has 0 spiro atoms. The van der Waals surface area contributed by atoms with Crippen LogP contribution in [0.1, 0.15) is 27.2 Å².